The van der Waals surface area contributed by atoms with Crippen LogP contribution in [0.2, 0.25) is 0 Å². The van der Waals surface area contributed by atoms with Crippen molar-refractivity contribution in [3.8, 4) is 0 Å². The van der Waals surface area contributed by atoms with E-state index in [0.717, 1.165) is 30.7 Å². The Morgan fingerprint density at radius 1 is 1.28 bits per heavy atom. The molecule has 1 unspecified atom stereocenters. The Morgan fingerprint density at radius 3 is 2.72 bits per heavy atom. The number of aromatic nitrogens is 2. The highest BCUT2D eigenvalue weighted by atomic mass is 32.1. The van der Waals surface area contributed by atoms with Crippen molar-refractivity contribution in [3.63, 3.8) is 0 Å². The number of hydrogen-bond donors (Lipinski definition) is 1. The maximum Gasteiger partial charge on any atom is 0.229 e. The van der Waals surface area contributed by atoms with Crippen molar-refractivity contribution in [2.45, 2.75) is 59.3 Å². The van der Waals surface area contributed by atoms with Gasteiger partial charge in [0, 0.05) is 12.3 Å². The van der Waals surface area contributed by atoms with Gasteiger partial charge in [-0.05, 0) is 12.8 Å². The maximum absolute atomic E-state index is 11.8. The third-order valence-corrected chi connectivity index (χ3v) is 3.76. The molecule has 1 heterocycles. The quantitative estimate of drug-likeness (QED) is 0.733. The molecule has 1 aromatic rings. The number of unbranched alkanes of at least 4 members (excludes halogenated alkanes) is 2. The summed E-state index contributed by atoms with van der Waals surface area (Å²) in [4.78, 5) is 11.8. The molecule has 1 amide bonds. The van der Waals surface area contributed by atoms with Gasteiger partial charge in [-0.1, -0.05) is 51.4 Å². The summed E-state index contributed by atoms with van der Waals surface area (Å²) < 4.78 is 0. The van der Waals surface area contributed by atoms with E-state index in [2.05, 4.69) is 29.4 Å². The normalized spacial score (nSPS) is 12.4. The van der Waals surface area contributed by atoms with Crippen LogP contribution in [0.5, 0.6) is 0 Å². The minimum absolute atomic E-state index is 0.0439. The highest BCUT2D eigenvalue weighted by molar-refractivity contribution is 7.15. The second-order valence-corrected chi connectivity index (χ2v) is 5.70. The smallest absolute Gasteiger partial charge is 0.229 e. The SMILES string of the molecule is CCCCCc1nnc(NC(=O)C(C)CCC)s1. The Bertz CT molecular complexity index is 365. The van der Waals surface area contributed by atoms with Crippen LogP contribution < -0.4 is 5.32 Å². The number of hydrogen-bond acceptors (Lipinski definition) is 4. The molecular formula is C13H23N3OS. The molecule has 1 aromatic heterocycles. The lowest BCUT2D eigenvalue weighted by atomic mass is 10.1. The second kappa shape index (κ2) is 8.19. The van der Waals surface area contributed by atoms with Gasteiger partial charge >= 0.3 is 0 Å². The van der Waals surface area contributed by atoms with E-state index in [4.69, 9.17) is 0 Å². The Labute approximate surface area is 113 Å². The van der Waals surface area contributed by atoms with Crippen molar-refractivity contribution in [3.05, 3.63) is 5.01 Å². The summed E-state index contributed by atoms with van der Waals surface area (Å²) in [6.45, 7) is 6.21. The lowest BCUT2D eigenvalue weighted by molar-refractivity contribution is -0.119. The topological polar surface area (TPSA) is 54.9 Å². The molecule has 102 valence electrons. The lowest BCUT2D eigenvalue weighted by Crippen LogP contribution is -2.20. The van der Waals surface area contributed by atoms with Crippen LogP contribution in [-0.4, -0.2) is 16.1 Å². The zero-order chi connectivity index (χ0) is 13.4. The molecule has 4 nitrogen and oxygen atoms in total. The van der Waals surface area contributed by atoms with Gasteiger partial charge in [0.1, 0.15) is 5.01 Å². The molecule has 0 saturated heterocycles. The van der Waals surface area contributed by atoms with Gasteiger partial charge in [-0.25, -0.2) is 0 Å². The summed E-state index contributed by atoms with van der Waals surface area (Å²) in [6.07, 6.45) is 6.46. The van der Waals surface area contributed by atoms with E-state index < -0.39 is 0 Å². The Kier molecular flexibility index (Phi) is 6.86. The molecule has 0 aliphatic carbocycles. The van der Waals surface area contributed by atoms with Gasteiger partial charge in [0.05, 0.1) is 0 Å². The fraction of sp³-hybridized carbons (Fsp3) is 0.769. The predicted octanol–water partition coefficient (Wildman–Crippen LogP) is 3.65. The van der Waals surface area contributed by atoms with Gasteiger partial charge in [0.2, 0.25) is 11.0 Å². The number of nitrogens with one attached hydrogen (secondary N) is 1. The molecule has 1 rings (SSSR count). The number of carbonyl (C=O) groups excluding carboxylic acids is 1. The zero-order valence-electron chi connectivity index (χ0n) is 11.5. The first kappa shape index (κ1) is 15.1. The number of amides is 1. The maximum atomic E-state index is 11.8. The summed E-state index contributed by atoms with van der Waals surface area (Å²) in [5.41, 5.74) is 0. The molecule has 5 heteroatoms. The summed E-state index contributed by atoms with van der Waals surface area (Å²) in [7, 11) is 0. The van der Waals surface area contributed by atoms with E-state index in [9.17, 15) is 4.79 Å². The average Bonchev–Trinajstić information content (AvgIpc) is 2.77. The van der Waals surface area contributed by atoms with Gasteiger partial charge in [-0.15, -0.1) is 10.2 Å². The van der Waals surface area contributed by atoms with Gasteiger partial charge < -0.3 is 5.32 Å². The van der Waals surface area contributed by atoms with Crippen LogP contribution >= 0.6 is 11.3 Å². The summed E-state index contributed by atoms with van der Waals surface area (Å²) in [5.74, 6) is 0.0931. The third-order valence-electron chi connectivity index (χ3n) is 2.86. The number of nitrogens with zero attached hydrogens (tertiary/aromatic N) is 2. The highest BCUT2D eigenvalue weighted by Crippen LogP contribution is 2.18. The standard InChI is InChI=1S/C13H23N3OS/c1-4-6-7-9-11-15-16-13(18-11)14-12(17)10(3)8-5-2/h10H,4-9H2,1-3H3,(H,14,16,17). The van der Waals surface area contributed by atoms with Crippen LogP contribution in [0.1, 0.15) is 57.9 Å². The molecule has 0 spiro atoms. The average molecular weight is 269 g/mol. The van der Waals surface area contributed by atoms with Gasteiger partial charge in [-0.2, -0.15) is 0 Å². The largest absolute Gasteiger partial charge is 0.300 e. The molecule has 0 radical (unpaired) electrons. The van der Waals surface area contributed by atoms with E-state index in [1.165, 1.54) is 24.2 Å². The number of anilines is 1. The fourth-order valence-electron chi connectivity index (χ4n) is 1.72. The van der Waals surface area contributed by atoms with E-state index in [-0.39, 0.29) is 11.8 Å². The Morgan fingerprint density at radius 2 is 2.06 bits per heavy atom. The van der Waals surface area contributed by atoms with Crippen LogP contribution in [0.15, 0.2) is 0 Å². The van der Waals surface area contributed by atoms with E-state index in [1.807, 2.05) is 6.92 Å². The molecule has 1 N–H and O–H groups in total. The molecule has 0 aliphatic rings. The minimum atomic E-state index is 0.0439. The first-order valence-electron chi connectivity index (χ1n) is 6.80. The molecule has 0 bridgehead atoms. The molecule has 0 aromatic carbocycles. The first-order chi connectivity index (χ1) is 8.67. The third kappa shape index (κ3) is 5.12. The summed E-state index contributed by atoms with van der Waals surface area (Å²) in [5, 5.41) is 12.6. The number of aryl methyl sites for hydroxylation is 1. The highest BCUT2D eigenvalue weighted by Gasteiger charge is 2.14. The predicted molar refractivity (Wildman–Crippen MR) is 75.8 cm³/mol. The fourth-order valence-corrected chi connectivity index (χ4v) is 2.51. The van der Waals surface area contributed by atoms with Crippen molar-refractivity contribution in [1.82, 2.24) is 10.2 Å². The van der Waals surface area contributed by atoms with Crippen LogP contribution in [0.25, 0.3) is 0 Å². The second-order valence-electron chi connectivity index (χ2n) is 4.64. The zero-order valence-corrected chi connectivity index (χ0v) is 12.3. The van der Waals surface area contributed by atoms with Crippen molar-refractivity contribution in [2.24, 2.45) is 5.92 Å². The van der Waals surface area contributed by atoms with E-state index >= 15 is 0 Å². The molecule has 1 atom stereocenters. The van der Waals surface area contributed by atoms with E-state index in [0.29, 0.717) is 5.13 Å². The molecule has 18 heavy (non-hydrogen) atoms. The van der Waals surface area contributed by atoms with Crippen molar-refractivity contribution in [1.29, 1.82) is 0 Å². The Balaban J connectivity index is 2.41. The van der Waals surface area contributed by atoms with Crippen molar-refractivity contribution in [2.75, 3.05) is 5.32 Å². The van der Waals surface area contributed by atoms with E-state index in [1.54, 1.807) is 0 Å². The van der Waals surface area contributed by atoms with Gasteiger partial charge in [0.25, 0.3) is 0 Å². The molecule has 0 fully saturated rings. The first-order valence-corrected chi connectivity index (χ1v) is 7.62. The molecule has 0 aliphatic heterocycles. The van der Waals surface area contributed by atoms with Crippen LogP contribution in [0, 0.1) is 5.92 Å². The number of carbonyl (C=O) groups is 1. The van der Waals surface area contributed by atoms with Crippen molar-refractivity contribution >= 4 is 22.4 Å². The number of rotatable bonds is 8. The summed E-state index contributed by atoms with van der Waals surface area (Å²) >= 11 is 1.49. The minimum Gasteiger partial charge on any atom is -0.300 e. The Hall–Kier alpha value is -0.970. The summed E-state index contributed by atoms with van der Waals surface area (Å²) in [6, 6.07) is 0. The lowest BCUT2D eigenvalue weighted by Gasteiger charge is -2.07. The van der Waals surface area contributed by atoms with Gasteiger partial charge in [0.15, 0.2) is 0 Å². The van der Waals surface area contributed by atoms with Crippen LogP contribution in [0.4, 0.5) is 5.13 Å². The van der Waals surface area contributed by atoms with Crippen molar-refractivity contribution < 1.29 is 4.79 Å². The van der Waals surface area contributed by atoms with Crippen LogP contribution in [-0.2, 0) is 11.2 Å². The molecule has 0 saturated carbocycles. The van der Waals surface area contributed by atoms with Crippen LogP contribution in [0.3, 0.4) is 0 Å². The van der Waals surface area contributed by atoms with Gasteiger partial charge in [-0.3, -0.25) is 4.79 Å². The monoisotopic (exact) mass is 269 g/mol. The molecular weight excluding hydrogens is 246 g/mol.